The molecule has 0 aromatic rings. The van der Waals surface area contributed by atoms with Crippen LogP contribution in [0.15, 0.2) is 34.9 Å². The van der Waals surface area contributed by atoms with E-state index in [-0.39, 0.29) is 29.1 Å². The van der Waals surface area contributed by atoms with E-state index in [1.54, 1.807) is 0 Å². The minimum Gasteiger partial charge on any atom is -1.00 e. The van der Waals surface area contributed by atoms with E-state index in [1.807, 2.05) is 12.2 Å². The molecule has 0 atom stereocenters. The third kappa shape index (κ3) is 4.37. The summed E-state index contributed by atoms with van der Waals surface area (Å²) >= 11 is 0. The van der Waals surface area contributed by atoms with Crippen molar-refractivity contribution in [2.75, 3.05) is 0 Å². The maximum Gasteiger partial charge on any atom is 2.00 e. The van der Waals surface area contributed by atoms with Crippen molar-refractivity contribution in [2.45, 2.75) is 33.6 Å². The molecule has 0 aliphatic heterocycles. The van der Waals surface area contributed by atoms with Gasteiger partial charge in [-0.15, -0.1) is 19.8 Å². The van der Waals surface area contributed by atoms with E-state index >= 15 is 0 Å². The van der Waals surface area contributed by atoms with Gasteiger partial charge in [-0.2, -0.15) is 17.2 Å². The molecule has 0 bridgehead atoms. The normalized spacial score (nSPS) is 17.5. The summed E-state index contributed by atoms with van der Waals surface area (Å²) in [6, 6.07) is 0. The molecule has 2 aliphatic carbocycles. The molecule has 0 unspecified atom stereocenters. The Morgan fingerprint density at radius 3 is 2.14 bits per heavy atom. The minimum absolute atomic E-state index is 0. The van der Waals surface area contributed by atoms with Crippen LogP contribution in [0.25, 0.3) is 0 Å². The Balaban J connectivity index is -0.000000189. The molecule has 0 saturated carbocycles. The van der Waals surface area contributed by atoms with Gasteiger partial charge in [0.2, 0.25) is 0 Å². The van der Waals surface area contributed by atoms with Crippen LogP contribution >= 0.6 is 0 Å². The van der Waals surface area contributed by atoms with E-state index in [0.29, 0.717) is 0 Å². The third-order valence-electron chi connectivity index (χ3n) is 2.41. The summed E-state index contributed by atoms with van der Waals surface area (Å²) in [5.74, 6) is 0. The second-order valence-electron chi connectivity index (χ2n) is 3.39. The Morgan fingerprint density at radius 1 is 1.29 bits per heavy atom. The second-order valence-corrected chi connectivity index (χ2v) is 3.39. The largest absolute Gasteiger partial charge is 2.00 e. The van der Waals surface area contributed by atoms with Gasteiger partial charge in [0.15, 0.2) is 0 Å². The first-order chi connectivity index (χ1) is 6.22. The van der Waals surface area contributed by atoms with E-state index in [2.05, 4.69) is 39.0 Å². The summed E-state index contributed by atoms with van der Waals surface area (Å²) in [4.78, 5) is 0. The molecule has 0 amide bonds. The number of rotatable bonds is 0. The molecule has 0 radical (unpaired) electrons. The van der Waals surface area contributed by atoms with Crippen molar-refractivity contribution in [1.29, 1.82) is 0 Å². The van der Waals surface area contributed by atoms with E-state index in [4.69, 9.17) is 0 Å². The van der Waals surface area contributed by atoms with Crippen LogP contribution in [-0.2, 0) is 26.2 Å². The molecule has 1 heteroatoms. The summed E-state index contributed by atoms with van der Waals surface area (Å²) in [5, 5.41) is 0. The van der Waals surface area contributed by atoms with Gasteiger partial charge in [0.25, 0.3) is 0 Å². The number of allylic oxidation sites excluding steroid dienone is 8. The summed E-state index contributed by atoms with van der Waals surface area (Å²) in [7, 11) is 0. The van der Waals surface area contributed by atoms with Crippen molar-refractivity contribution in [3.63, 3.8) is 0 Å². The van der Waals surface area contributed by atoms with E-state index in [1.165, 1.54) is 16.7 Å². The average molecular weight is 266 g/mol. The maximum absolute atomic E-state index is 3.26. The van der Waals surface area contributed by atoms with Gasteiger partial charge < -0.3 is 2.85 Å². The van der Waals surface area contributed by atoms with Crippen LogP contribution in [0.5, 0.6) is 0 Å². The molecule has 0 nitrogen and oxygen atoms in total. The van der Waals surface area contributed by atoms with Crippen LogP contribution < -0.4 is 0 Å². The Hall–Kier alpha value is -0.157. The Labute approximate surface area is 110 Å². The molecule has 0 N–H and O–H groups in total. The fourth-order valence-corrected chi connectivity index (χ4v) is 1.19. The smallest absolute Gasteiger partial charge is 1.00 e. The van der Waals surface area contributed by atoms with Crippen molar-refractivity contribution in [1.82, 2.24) is 0 Å². The maximum atomic E-state index is 3.26. The molecule has 14 heavy (non-hydrogen) atoms. The molecular weight excluding hydrogens is 247 g/mol. The minimum atomic E-state index is 0. The van der Waals surface area contributed by atoms with Gasteiger partial charge in [-0.25, -0.2) is 17.7 Å². The second kappa shape index (κ2) is 7.18. The fourth-order valence-electron chi connectivity index (χ4n) is 1.19. The van der Waals surface area contributed by atoms with Gasteiger partial charge in [0.1, 0.15) is 0 Å². The summed E-state index contributed by atoms with van der Waals surface area (Å²) in [5.41, 5.74) is 4.25. The molecule has 0 aromatic heterocycles. The van der Waals surface area contributed by atoms with E-state index in [0.717, 1.165) is 12.8 Å². The quantitative estimate of drug-likeness (QED) is 0.581. The zero-order valence-electron chi connectivity index (χ0n) is 11.1. The van der Waals surface area contributed by atoms with Gasteiger partial charge in [-0.3, -0.25) is 12.2 Å². The van der Waals surface area contributed by atoms with Crippen LogP contribution in [0, 0.1) is 12.2 Å². The predicted molar refractivity (Wildman–Crippen MR) is 59.2 cm³/mol. The van der Waals surface area contributed by atoms with Gasteiger partial charge >= 0.3 is 26.2 Å². The zero-order chi connectivity index (χ0) is 9.68. The van der Waals surface area contributed by atoms with Crippen LogP contribution in [0.2, 0.25) is 0 Å². The third-order valence-corrected chi connectivity index (χ3v) is 2.41. The molecular formula is C13H18Zr-2. The monoisotopic (exact) mass is 264 g/mol. The first-order valence-electron chi connectivity index (χ1n) is 4.67. The van der Waals surface area contributed by atoms with Gasteiger partial charge in [-0.05, 0) is 0 Å². The summed E-state index contributed by atoms with van der Waals surface area (Å²) < 4.78 is 0. The molecule has 0 saturated heterocycles. The van der Waals surface area contributed by atoms with Crippen molar-refractivity contribution < 1.29 is 29.1 Å². The molecule has 0 heterocycles. The van der Waals surface area contributed by atoms with Crippen molar-refractivity contribution in [3.8, 4) is 0 Å². The van der Waals surface area contributed by atoms with Gasteiger partial charge in [0.05, 0.1) is 0 Å². The van der Waals surface area contributed by atoms with Crippen LogP contribution in [0.4, 0.5) is 0 Å². The molecule has 0 spiro atoms. The Morgan fingerprint density at radius 2 is 2.00 bits per heavy atom. The number of hydrogen-bond acceptors (Lipinski definition) is 0. The molecule has 2 aliphatic rings. The summed E-state index contributed by atoms with van der Waals surface area (Å²) in [6.07, 6.45) is 14.3. The van der Waals surface area contributed by atoms with Crippen LogP contribution in [-0.4, -0.2) is 0 Å². The summed E-state index contributed by atoms with van der Waals surface area (Å²) in [6.45, 7) is 6.44. The van der Waals surface area contributed by atoms with Gasteiger partial charge in [0, 0.05) is 0 Å². The van der Waals surface area contributed by atoms with Crippen LogP contribution in [0.1, 0.15) is 36.5 Å². The molecule has 76 valence electrons. The first-order valence-corrected chi connectivity index (χ1v) is 4.67. The Bertz CT molecular complexity index is 284. The van der Waals surface area contributed by atoms with Crippen LogP contribution in [0.3, 0.4) is 0 Å². The average Bonchev–Trinajstić information content (AvgIpc) is 2.75. The zero-order valence-corrected chi connectivity index (χ0v) is 11.6. The van der Waals surface area contributed by atoms with E-state index < -0.39 is 0 Å². The Kier molecular flexibility index (Phi) is 7.10. The molecule has 2 rings (SSSR count). The SMILES string of the molecule is CC1=[C-]CC(C)=C1C.[C-]1=CC=CC1.[H-].[H-].[Zr+2]. The van der Waals surface area contributed by atoms with Gasteiger partial charge in [-0.1, -0.05) is 13.8 Å². The van der Waals surface area contributed by atoms with E-state index in [9.17, 15) is 0 Å². The van der Waals surface area contributed by atoms with Crippen molar-refractivity contribution in [3.05, 3.63) is 47.1 Å². The topological polar surface area (TPSA) is 0 Å². The standard InChI is InChI=1S/C8H11.C5H5.Zr.2H/c1-6-4-5-7(2)8(6)3;1-2-4-5-3-1;;;/h4H2,1-3H3;1-3H,4H2;;;/q2*-1;+2;2*-1. The van der Waals surface area contributed by atoms with Crippen molar-refractivity contribution in [2.24, 2.45) is 0 Å². The van der Waals surface area contributed by atoms with Crippen molar-refractivity contribution >= 4 is 0 Å². The first kappa shape index (κ1) is 13.8. The number of hydrogen-bond donors (Lipinski definition) is 0. The molecule has 0 fully saturated rings. The predicted octanol–water partition coefficient (Wildman–Crippen LogP) is 4.00. The molecule has 0 aromatic carbocycles. The fraction of sp³-hybridized carbons (Fsp3) is 0.385.